The van der Waals surface area contributed by atoms with E-state index in [0.717, 1.165) is 18.2 Å². The first kappa shape index (κ1) is 25.4. The van der Waals surface area contributed by atoms with Crippen LogP contribution in [0.1, 0.15) is 22.8 Å². The monoisotopic (exact) mass is 521 g/mol. The molecule has 0 unspecified atom stereocenters. The number of halogens is 2. The first-order valence-corrected chi connectivity index (χ1v) is 18.8. The molecule has 3 nitrogen and oxygen atoms in total. The Morgan fingerprint density at radius 1 is 0.871 bits per heavy atom. The Morgan fingerprint density at radius 2 is 1.39 bits per heavy atom. The van der Waals surface area contributed by atoms with Gasteiger partial charge in [0.05, 0.1) is 0 Å². The molecule has 0 heterocycles. The van der Waals surface area contributed by atoms with Gasteiger partial charge in [0, 0.05) is 0 Å². The Bertz CT molecular complexity index is 1040. The number of carbonyl (C=O) groups is 2. The van der Waals surface area contributed by atoms with Crippen molar-refractivity contribution < 1.29 is 23.5 Å². The molecule has 8 heteroatoms. The zero-order valence-electron chi connectivity index (χ0n) is 18.9. The summed E-state index contributed by atoms with van der Waals surface area (Å²) in [6.07, 6.45) is 0.830. The number of carbonyl (C=O) groups excluding carboxylic acids is 1. The number of benzene rings is 2. The fraction of sp³-hybridized carbons (Fsp3) is 0.304. The fourth-order valence-electron chi connectivity index (χ4n) is 2.98. The van der Waals surface area contributed by atoms with Crippen molar-refractivity contribution in [1.82, 2.24) is 0 Å². The Morgan fingerprint density at radius 3 is 1.84 bits per heavy atom. The van der Waals surface area contributed by atoms with E-state index >= 15 is 0 Å². The Labute approximate surface area is 191 Å². The van der Waals surface area contributed by atoms with Crippen molar-refractivity contribution in [2.24, 2.45) is 0 Å². The van der Waals surface area contributed by atoms with Crippen molar-refractivity contribution in [3.63, 3.8) is 0 Å². The van der Waals surface area contributed by atoms with Crippen molar-refractivity contribution in [3.05, 3.63) is 59.2 Å². The third kappa shape index (κ3) is 6.58. The Kier molecular flexibility index (Phi) is 7.67. The van der Waals surface area contributed by atoms with Crippen LogP contribution in [-0.2, 0) is 4.79 Å². The maximum atomic E-state index is 14.7. The summed E-state index contributed by atoms with van der Waals surface area (Å²) in [4.78, 5) is 23.9. The standard InChI is InChI=1S/C23H28AsF2O3Si2/c1-14(8-22(27)28)18-12-21(26)19(13-20(18)25)24-23(29)15-9-16(30(2,3)4)11-17(10-15)31(5,6)7/h8-13H,1-7H3,(H,27,28). The van der Waals surface area contributed by atoms with Gasteiger partial charge in [-0.1, -0.05) is 0 Å². The topological polar surface area (TPSA) is 54.4 Å². The van der Waals surface area contributed by atoms with E-state index in [1.54, 1.807) is 0 Å². The molecule has 31 heavy (non-hydrogen) atoms. The normalized spacial score (nSPS) is 13.1. The van der Waals surface area contributed by atoms with Crippen LogP contribution >= 0.6 is 0 Å². The molecule has 0 saturated carbocycles. The summed E-state index contributed by atoms with van der Waals surface area (Å²) >= 11 is -1.28. The molecule has 0 fully saturated rings. The van der Waals surface area contributed by atoms with Crippen LogP contribution in [0.4, 0.5) is 8.78 Å². The molecule has 0 aliphatic carbocycles. The minimum atomic E-state index is -1.67. The molecule has 2 aromatic carbocycles. The summed E-state index contributed by atoms with van der Waals surface area (Å²) in [6.45, 7) is 14.7. The van der Waals surface area contributed by atoms with Gasteiger partial charge < -0.3 is 0 Å². The second-order valence-electron chi connectivity index (χ2n) is 9.67. The van der Waals surface area contributed by atoms with Gasteiger partial charge in [-0.15, -0.1) is 0 Å². The predicted octanol–water partition coefficient (Wildman–Crippen LogP) is 3.71. The van der Waals surface area contributed by atoms with E-state index < -0.39 is 49.5 Å². The van der Waals surface area contributed by atoms with Gasteiger partial charge in [0.25, 0.3) is 0 Å². The van der Waals surface area contributed by atoms with E-state index in [2.05, 4.69) is 45.3 Å². The summed E-state index contributed by atoms with van der Waals surface area (Å²) in [6, 6.07) is 8.09. The van der Waals surface area contributed by atoms with E-state index in [4.69, 9.17) is 5.11 Å². The minimum absolute atomic E-state index is 0.0542. The molecule has 2 aromatic rings. The zero-order chi connectivity index (χ0) is 23.7. The van der Waals surface area contributed by atoms with Gasteiger partial charge in [0.15, 0.2) is 0 Å². The van der Waals surface area contributed by atoms with Crippen LogP contribution in [0.5, 0.6) is 0 Å². The summed E-state index contributed by atoms with van der Waals surface area (Å²) in [7, 11) is -3.35. The average molecular weight is 522 g/mol. The number of hydrogen-bond acceptors (Lipinski definition) is 2. The zero-order valence-corrected chi connectivity index (χ0v) is 22.8. The average Bonchev–Trinajstić information content (AvgIpc) is 2.61. The first-order chi connectivity index (χ1) is 14.1. The van der Waals surface area contributed by atoms with Crippen molar-refractivity contribution in [3.8, 4) is 0 Å². The van der Waals surface area contributed by atoms with Crippen LogP contribution in [0.3, 0.4) is 0 Å². The van der Waals surface area contributed by atoms with Gasteiger partial charge in [-0.05, 0) is 0 Å². The van der Waals surface area contributed by atoms with Gasteiger partial charge in [-0.2, -0.15) is 0 Å². The van der Waals surface area contributed by atoms with E-state index in [0.29, 0.717) is 5.56 Å². The van der Waals surface area contributed by atoms with Crippen LogP contribution in [0.15, 0.2) is 36.4 Å². The quantitative estimate of drug-likeness (QED) is 0.447. The molecule has 0 aliphatic rings. The molecule has 0 aliphatic heterocycles. The molecule has 0 saturated heterocycles. The Hall–Kier alpha value is -1.83. The number of carboxylic acids is 1. The van der Waals surface area contributed by atoms with Crippen LogP contribution in [0.25, 0.3) is 5.57 Å². The first-order valence-electron chi connectivity index (χ1n) is 9.92. The molecule has 0 atom stereocenters. The summed E-state index contributed by atoms with van der Waals surface area (Å²) < 4.78 is 29.1. The molecule has 165 valence electrons. The number of hydrogen-bond donors (Lipinski definition) is 1. The maximum absolute atomic E-state index is 14.7. The van der Waals surface area contributed by atoms with Gasteiger partial charge in [0.1, 0.15) is 0 Å². The van der Waals surface area contributed by atoms with Crippen molar-refractivity contribution in [1.29, 1.82) is 0 Å². The SMILES string of the molecule is CC(=CC(=O)O)c1cc(F)c([As]C(=O)c2cc([Si](C)(C)C)cc([Si](C)(C)C)c2)cc1F. The molecule has 1 radical (unpaired) electrons. The molecule has 1 N–H and O–H groups in total. The van der Waals surface area contributed by atoms with Crippen LogP contribution in [-0.4, -0.2) is 47.5 Å². The second-order valence-corrected chi connectivity index (χ2v) is 22.2. The Balaban J connectivity index is 2.46. The molecule has 0 spiro atoms. The molecular formula is C23H28AsF2O3Si2. The number of carboxylic acid groups (broad SMARTS) is 1. The van der Waals surface area contributed by atoms with E-state index in [1.807, 2.05) is 12.1 Å². The van der Waals surface area contributed by atoms with Crippen LogP contribution in [0.2, 0.25) is 39.3 Å². The molecule has 0 bridgehead atoms. The molecule has 2 rings (SSSR count). The molecule has 0 amide bonds. The molecule has 0 aromatic heterocycles. The van der Waals surface area contributed by atoms with Crippen LogP contribution in [0, 0.1) is 11.6 Å². The van der Waals surface area contributed by atoms with Gasteiger partial charge in [0.2, 0.25) is 0 Å². The predicted molar refractivity (Wildman–Crippen MR) is 130 cm³/mol. The summed E-state index contributed by atoms with van der Waals surface area (Å²) in [5, 5.41) is 11.2. The van der Waals surface area contributed by atoms with Crippen molar-refractivity contribution in [2.75, 3.05) is 0 Å². The third-order valence-corrected chi connectivity index (χ3v) is 11.2. The van der Waals surface area contributed by atoms with E-state index in [9.17, 15) is 18.4 Å². The third-order valence-electron chi connectivity index (χ3n) is 4.94. The van der Waals surface area contributed by atoms with E-state index in [-0.39, 0.29) is 20.1 Å². The van der Waals surface area contributed by atoms with Crippen molar-refractivity contribution >= 4 is 62.7 Å². The number of aliphatic carboxylic acids is 1. The van der Waals surface area contributed by atoms with Gasteiger partial charge in [-0.3, -0.25) is 0 Å². The fourth-order valence-corrected chi connectivity index (χ4v) is 7.21. The molecular weight excluding hydrogens is 493 g/mol. The summed E-state index contributed by atoms with van der Waals surface area (Å²) in [5.74, 6) is -2.65. The van der Waals surface area contributed by atoms with Crippen LogP contribution < -0.4 is 14.7 Å². The number of rotatable bonds is 7. The summed E-state index contributed by atoms with van der Waals surface area (Å²) in [5.41, 5.74) is 0.572. The van der Waals surface area contributed by atoms with Crippen molar-refractivity contribution in [2.45, 2.75) is 46.2 Å². The van der Waals surface area contributed by atoms with E-state index in [1.165, 1.54) is 17.3 Å². The van der Waals surface area contributed by atoms with Gasteiger partial charge >= 0.3 is 192 Å². The van der Waals surface area contributed by atoms with Gasteiger partial charge in [-0.25, -0.2) is 0 Å². The second kappa shape index (κ2) is 9.35. The number of allylic oxidation sites excluding steroid dienone is 1.